The maximum Gasteiger partial charge on any atom is 0.417 e. The minimum Gasteiger partial charge on any atom is -0.380 e. The number of hydrogen-bond donors (Lipinski definition) is 4. The van der Waals surface area contributed by atoms with Gasteiger partial charge in [0.15, 0.2) is 0 Å². The highest BCUT2D eigenvalue weighted by Gasteiger charge is 2.44. The number of hydrogen-bond acceptors (Lipinski definition) is 5. The predicted molar refractivity (Wildman–Crippen MR) is 123 cm³/mol. The summed E-state index contributed by atoms with van der Waals surface area (Å²) in [4.78, 5) is 25.7. The quantitative estimate of drug-likeness (QED) is 0.370. The molecule has 4 N–H and O–H groups in total. The van der Waals surface area contributed by atoms with Gasteiger partial charge < -0.3 is 26.0 Å². The van der Waals surface area contributed by atoms with Gasteiger partial charge in [-0.25, -0.2) is 4.39 Å². The van der Waals surface area contributed by atoms with Gasteiger partial charge in [0.1, 0.15) is 5.82 Å². The van der Waals surface area contributed by atoms with E-state index in [1.54, 1.807) is 12.1 Å². The molecule has 182 valence electrons. The minimum atomic E-state index is -4.69. The van der Waals surface area contributed by atoms with Gasteiger partial charge >= 0.3 is 6.18 Å². The topological polar surface area (TPSA) is 91.5 Å². The largest absolute Gasteiger partial charge is 0.417 e. The Balaban J connectivity index is 1.55. The van der Waals surface area contributed by atoms with Crippen LogP contribution in [0.5, 0.6) is 0 Å². The fraction of sp³-hybridized carbons (Fsp3) is 0.167. The first-order valence-corrected chi connectivity index (χ1v) is 10.4. The van der Waals surface area contributed by atoms with Gasteiger partial charge in [0.05, 0.1) is 34.8 Å². The molecule has 1 unspecified atom stereocenters. The average Bonchev–Trinajstić information content (AvgIpc) is 3.19. The monoisotopic (exact) mass is 488 g/mol. The van der Waals surface area contributed by atoms with Crippen LogP contribution in [-0.2, 0) is 15.7 Å². The number of benzene rings is 3. The van der Waals surface area contributed by atoms with Crippen LogP contribution in [0.15, 0.2) is 66.7 Å². The van der Waals surface area contributed by atoms with Crippen molar-refractivity contribution in [1.82, 2.24) is 0 Å². The molecule has 0 radical (unpaired) electrons. The normalized spacial score (nSPS) is 16.6. The van der Waals surface area contributed by atoms with Gasteiger partial charge in [-0.15, -0.1) is 0 Å². The average molecular weight is 488 g/mol. The first-order chi connectivity index (χ1) is 16.6. The van der Waals surface area contributed by atoms with Crippen LogP contribution < -0.4 is 21.3 Å². The highest BCUT2D eigenvalue weighted by Crippen LogP contribution is 2.37. The van der Waals surface area contributed by atoms with Gasteiger partial charge in [0, 0.05) is 12.8 Å². The van der Waals surface area contributed by atoms with Crippen molar-refractivity contribution >= 4 is 34.6 Å². The Labute approximate surface area is 197 Å². The Morgan fingerprint density at radius 2 is 1.63 bits per heavy atom. The number of ether oxygens (including phenoxy) is 1. The van der Waals surface area contributed by atoms with Crippen molar-refractivity contribution in [2.75, 3.05) is 35.0 Å². The number of alkyl halides is 3. The van der Waals surface area contributed by atoms with Crippen LogP contribution in [0.3, 0.4) is 0 Å². The molecule has 35 heavy (non-hydrogen) atoms. The highest BCUT2D eigenvalue weighted by atomic mass is 19.4. The molecule has 0 fully saturated rings. The zero-order valence-corrected chi connectivity index (χ0v) is 18.3. The number of para-hydroxylation sites is 1. The maximum atomic E-state index is 14.0. The van der Waals surface area contributed by atoms with Gasteiger partial charge in [-0.1, -0.05) is 24.3 Å². The Kier molecular flexibility index (Phi) is 6.35. The lowest BCUT2D eigenvalue weighted by molar-refractivity contribution is -0.137. The molecule has 0 aliphatic carbocycles. The SMILES string of the molecule is COCC1(C(=O)Nc2ccccc2F)Nc2ccc(NC(=O)c3ccccc3C(F)(F)F)cc2N1. The molecular formula is C24H20F4N4O3. The summed E-state index contributed by atoms with van der Waals surface area (Å²) in [5, 5.41) is 10.9. The fourth-order valence-corrected chi connectivity index (χ4v) is 3.71. The molecule has 1 heterocycles. The number of nitrogens with one attached hydrogen (secondary N) is 4. The maximum absolute atomic E-state index is 14.0. The third-order valence-corrected chi connectivity index (χ3v) is 5.32. The lowest BCUT2D eigenvalue weighted by Crippen LogP contribution is -2.56. The van der Waals surface area contributed by atoms with E-state index in [0.29, 0.717) is 11.4 Å². The molecule has 0 spiro atoms. The number of carbonyl (C=O) groups is 2. The summed E-state index contributed by atoms with van der Waals surface area (Å²) < 4.78 is 59.0. The molecular weight excluding hydrogens is 468 g/mol. The Morgan fingerprint density at radius 3 is 2.34 bits per heavy atom. The minimum absolute atomic E-state index is 0.0242. The van der Waals surface area contributed by atoms with E-state index in [9.17, 15) is 27.2 Å². The van der Waals surface area contributed by atoms with Gasteiger partial charge in [-0.2, -0.15) is 13.2 Å². The van der Waals surface area contributed by atoms with Gasteiger partial charge in [0.2, 0.25) is 5.66 Å². The van der Waals surface area contributed by atoms with Crippen LogP contribution >= 0.6 is 0 Å². The third-order valence-electron chi connectivity index (χ3n) is 5.32. The zero-order valence-electron chi connectivity index (χ0n) is 18.3. The molecule has 0 bridgehead atoms. The molecule has 0 aromatic heterocycles. The van der Waals surface area contributed by atoms with Gasteiger partial charge in [-0.3, -0.25) is 9.59 Å². The Hall–Kier alpha value is -4.12. The summed E-state index contributed by atoms with van der Waals surface area (Å²) in [6.07, 6.45) is -4.69. The Bertz CT molecular complexity index is 1280. The molecule has 0 saturated heterocycles. The van der Waals surface area contributed by atoms with Crippen LogP contribution in [0, 0.1) is 5.82 Å². The third kappa shape index (κ3) is 4.90. The number of halogens is 4. The van der Waals surface area contributed by atoms with Crippen LogP contribution in [0.25, 0.3) is 0 Å². The summed E-state index contributed by atoms with van der Waals surface area (Å²) >= 11 is 0. The molecule has 1 aliphatic rings. The number of carbonyl (C=O) groups excluding carboxylic acids is 2. The van der Waals surface area contributed by atoms with E-state index < -0.39 is 40.6 Å². The number of fused-ring (bicyclic) bond motifs is 1. The van der Waals surface area contributed by atoms with E-state index in [1.165, 1.54) is 49.6 Å². The lowest BCUT2D eigenvalue weighted by Gasteiger charge is -2.28. The van der Waals surface area contributed by atoms with E-state index in [4.69, 9.17) is 4.74 Å². The predicted octanol–water partition coefficient (Wildman–Crippen LogP) is 4.92. The van der Waals surface area contributed by atoms with E-state index in [2.05, 4.69) is 21.3 Å². The number of amides is 2. The number of methoxy groups -OCH3 is 1. The van der Waals surface area contributed by atoms with E-state index in [-0.39, 0.29) is 18.0 Å². The molecule has 11 heteroatoms. The van der Waals surface area contributed by atoms with Crippen molar-refractivity contribution in [3.63, 3.8) is 0 Å². The van der Waals surface area contributed by atoms with Crippen molar-refractivity contribution in [3.05, 3.63) is 83.7 Å². The number of rotatable bonds is 6. The van der Waals surface area contributed by atoms with Crippen molar-refractivity contribution in [2.24, 2.45) is 0 Å². The van der Waals surface area contributed by atoms with E-state index >= 15 is 0 Å². The van der Waals surface area contributed by atoms with E-state index in [1.807, 2.05) is 0 Å². The summed E-state index contributed by atoms with van der Waals surface area (Å²) in [5.74, 6) is -2.19. The number of anilines is 4. The van der Waals surface area contributed by atoms with Gasteiger partial charge in [0.25, 0.3) is 11.8 Å². The Morgan fingerprint density at radius 1 is 0.943 bits per heavy atom. The van der Waals surface area contributed by atoms with Crippen LogP contribution in [0.4, 0.5) is 40.3 Å². The molecule has 2 amide bonds. The standard InChI is InChI=1S/C24H20F4N4O3/c1-35-13-23(22(34)30-18-9-5-4-8-17(18)25)31-19-11-10-14(12-20(19)32-23)29-21(33)15-6-2-3-7-16(15)24(26,27)28/h2-12,31-32H,13H2,1H3,(H,29,33)(H,30,34). The molecule has 4 rings (SSSR count). The molecule has 3 aromatic carbocycles. The smallest absolute Gasteiger partial charge is 0.380 e. The summed E-state index contributed by atoms with van der Waals surface area (Å²) in [7, 11) is 1.38. The van der Waals surface area contributed by atoms with Crippen LogP contribution in [-0.4, -0.2) is 31.2 Å². The second-order valence-electron chi connectivity index (χ2n) is 7.78. The van der Waals surface area contributed by atoms with Crippen molar-refractivity contribution < 1.29 is 31.9 Å². The summed E-state index contributed by atoms with van der Waals surface area (Å²) in [6.45, 7) is -0.150. The summed E-state index contributed by atoms with van der Waals surface area (Å²) in [5.41, 5.74) is -2.06. The van der Waals surface area contributed by atoms with Crippen molar-refractivity contribution in [3.8, 4) is 0 Å². The molecule has 0 saturated carbocycles. The highest BCUT2D eigenvalue weighted by molar-refractivity contribution is 6.07. The van der Waals surface area contributed by atoms with Gasteiger partial charge in [-0.05, 0) is 42.5 Å². The van der Waals surface area contributed by atoms with Crippen LogP contribution in [0.1, 0.15) is 15.9 Å². The van der Waals surface area contributed by atoms with E-state index in [0.717, 1.165) is 12.1 Å². The van der Waals surface area contributed by atoms with Crippen molar-refractivity contribution in [2.45, 2.75) is 11.8 Å². The second kappa shape index (κ2) is 9.26. The molecule has 1 aliphatic heterocycles. The molecule has 7 nitrogen and oxygen atoms in total. The first kappa shape index (κ1) is 24.0. The lowest BCUT2D eigenvalue weighted by atomic mass is 10.1. The zero-order chi connectivity index (χ0) is 25.2. The molecule has 1 atom stereocenters. The van der Waals surface area contributed by atoms with Crippen LogP contribution in [0.2, 0.25) is 0 Å². The first-order valence-electron chi connectivity index (χ1n) is 10.4. The van der Waals surface area contributed by atoms with Crippen molar-refractivity contribution in [1.29, 1.82) is 0 Å². The molecule has 3 aromatic rings. The fourth-order valence-electron chi connectivity index (χ4n) is 3.71. The second-order valence-corrected chi connectivity index (χ2v) is 7.78. The summed E-state index contributed by atoms with van der Waals surface area (Å²) in [6, 6.07) is 14.6.